The van der Waals surface area contributed by atoms with Crippen molar-refractivity contribution in [3.05, 3.63) is 76.7 Å². The molecule has 24 heavy (non-hydrogen) atoms. The summed E-state index contributed by atoms with van der Waals surface area (Å²) in [6, 6.07) is 11.6. The quantitative estimate of drug-likeness (QED) is 0.606. The molecule has 0 fully saturated rings. The minimum atomic E-state index is -2.12. The maximum atomic E-state index is 13.3. The summed E-state index contributed by atoms with van der Waals surface area (Å²) in [6.07, 6.45) is 0. The Hall–Kier alpha value is -1.26. The Morgan fingerprint density at radius 3 is 1.46 bits per heavy atom. The van der Waals surface area contributed by atoms with Crippen LogP contribution in [-0.4, -0.2) is 14.0 Å². The van der Waals surface area contributed by atoms with E-state index in [1.165, 1.54) is 24.3 Å². The predicted molar refractivity (Wildman–Crippen MR) is 92.1 cm³/mol. The second-order valence-corrected chi connectivity index (χ2v) is 10.9. The van der Waals surface area contributed by atoms with Crippen molar-refractivity contribution in [3.63, 3.8) is 0 Å². The first-order chi connectivity index (χ1) is 10.6. The van der Waals surface area contributed by atoms with Crippen LogP contribution in [0.3, 0.4) is 0 Å². The molecule has 0 unspecified atom stereocenters. The molecule has 0 aliphatic rings. The molecular weight excluding hydrogens is 319 g/mol. The van der Waals surface area contributed by atoms with Crippen LogP contribution < -0.4 is 18.9 Å². The summed E-state index contributed by atoms with van der Waals surface area (Å²) >= 11 is 0. The third-order valence-electron chi connectivity index (χ3n) is 3.47. The van der Waals surface area contributed by atoms with Crippen LogP contribution in [0.25, 0.3) is 5.41 Å². The minimum Gasteiger partial charge on any atom is -0.809 e. The van der Waals surface area contributed by atoms with Gasteiger partial charge in [0, 0.05) is 0 Å². The summed E-state index contributed by atoms with van der Waals surface area (Å²) in [5.41, 5.74) is -0.00898. The molecule has 0 aromatic heterocycles. The van der Waals surface area contributed by atoms with E-state index in [1.807, 2.05) is 19.6 Å². The fourth-order valence-corrected chi connectivity index (χ4v) is 3.91. The molecular formula is C18H20F2LiNOSi. The third-order valence-corrected chi connectivity index (χ3v) is 4.39. The molecule has 0 heterocycles. The first-order valence-corrected chi connectivity index (χ1v) is 10.8. The van der Waals surface area contributed by atoms with Gasteiger partial charge in [-0.2, -0.15) is 5.71 Å². The van der Waals surface area contributed by atoms with Gasteiger partial charge in [0.15, 0.2) is 8.32 Å². The molecule has 0 spiro atoms. The molecule has 0 bridgehead atoms. The molecule has 122 valence electrons. The SMILES string of the molecule is CC(=[N-])C(O[Si](C)(C)C)(c1ccc(F)cc1)c1ccc(F)cc1.[Li+]. The predicted octanol–water partition coefficient (Wildman–Crippen LogP) is 2.09. The Kier molecular flexibility index (Phi) is 6.71. The Labute approximate surface area is 155 Å². The van der Waals surface area contributed by atoms with Crippen molar-refractivity contribution >= 4 is 14.0 Å². The van der Waals surface area contributed by atoms with Crippen LogP contribution in [0, 0.1) is 11.6 Å². The van der Waals surface area contributed by atoms with Gasteiger partial charge in [0.05, 0.1) is 0 Å². The standard InChI is InChI=1S/C18H20F2NOSi.Li/c1-13(21)18(22-23(2,3)4,14-5-9-16(19)10-6-14)15-7-11-17(20)12-8-15;/h5-12H,1-4H3;/q-1;+1. The first-order valence-electron chi connectivity index (χ1n) is 7.40. The smallest absolute Gasteiger partial charge is 0.809 e. The van der Waals surface area contributed by atoms with Crippen molar-refractivity contribution in [2.75, 3.05) is 0 Å². The molecule has 0 N–H and O–H groups in total. The minimum absolute atomic E-state index is 0. The zero-order chi connectivity index (χ0) is 17.3. The Balaban J connectivity index is 0.00000288. The molecule has 0 saturated heterocycles. The van der Waals surface area contributed by atoms with Gasteiger partial charge in [0.2, 0.25) is 0 Å². The van der Waals surface area contributed by atoms with E-state index in [2.05, 4.69) is 0 Å². The van der Waals surface area contributed by atoms with E-state index in [1.54, 1.807) is 31.2 Å². The molecule has 0 amide bonds. The van der Waals surface area contributed by atoms with Gasteiger partial charge < -0.3 is 9.84 Å². The summed E-state index contributed by atoms with van der Waals surface area (Å²) in [6.45, 7) is 7.54. The van der Waals surface area contributed by atoms with Gasteiger partial charge in [-0.3, -0.25) is 0 Å². The number of rotatable bonds is 5. The fourth-order valence-electron chi connectivity index (χ4n) is 2.60. The van der Waals surface area contributed by atoms with Crippen molar-refractivity contribution < 1.29 is 32.1 Å². The third kappa shape index (κ3) is 4.43. The molecule has 0 atom stereocenters. The van der Waals surface area contributed by atoms with Gasteiger partial charge in [-0.15, -0.1) is 0 Å². The van der Waals surface area contributed by atoms with Gasteiger partial charge in [-0.1, -0.05) is 31.2 Å². The Morgan fingerprint density at radius 2 is 1.21 bits per heavy atom. The van der Waals surface area contributed by atoms with Crippen LogP contribution in [0.2, 0.25) is 19.6 Å². The first kappa shape index (κ1) is 20.8. The normalized spacial score (nSPS) is 11.8. The van der Waals surface area contributed by atoms with Gasteiger partial charge in [-0.05, 0) is 55.0 Å². The van der Waals surface area contributed by atoms with E-state index in [0.717, 1.165) is 0 Å². The maximum Gasteiger partial charge on any atom is 1.00 e. The van der Waals surface area contributed by atoms with Crippen LogP contribution in [0.5, 0.6) is 0 Å². The Bertz CT molecular complexity index is 651. The van der Waals surface area contributed by atoms with Crippen LogP contribution >= 0.6 is 0 Å². The summed E-state index contributed by atoms with van der Waals surface area (Å²) in [4.78, 5) is 0. The summed E-state index contributed by atoms with van der Waals surface area (Å²) in [7, 11) is -2.12. The Morgan fingerprint density at radius 1 is 0.875 bits per heavy atom. The molecule has 0 saturated carbocycles. The zero-order valence-corrected chi connectivity index (χ0v) is 15.7. The zero-order valence-electron chi connectivity index (χ0n) is 14.7. The van der Waals surface area contributed by atoms with Crippen molar-refractivity contribution in [2.24, 2.45) is 0 Å². The van der Waals surface area contributed by atoms with E-state index >= 15 is 0 Å². The van der Waals surface area contributed by atoms with Crippen molar-refractivity contribution in [1.82, 2.24) is 0 Å². The van der Waals surface area contributed by atoms with Crippen LogP contribution in [0.4, 0.5) is 8.78 Å². The van der Waals surface area contributed by atoms with Gasteiger partial charge in [-0.25, -0.2) is 8.78 Å². The second kappa shape index (κ2) is 7.75. The fraction of sp³-hybridized carbons (Fsp3) is 0.278. The van der Waals surface area contributed by atoms with Gasteiger partial charge in [0.25, 0.3) is 0 Å². The van der Waals surface area contributed by atoms with E-state index in [-0.39, 0.29) is 36.2 Å². The van der Waals surface area contributed by atoms with E-state index in [0.29, 0.717) is 11.1 Å². The van der Waals surface area contributed by atoms with E-state index in [4.69, 9.17) is 4.43 Å². The van der Waals surface area contributed by atoms with Crippen LogP contribution in [-0.2, 0) is 10.0 Å². The summed E-state index contributed by atoms with van der Waals surface area (Å²) in [5, 5.41) is 10.5. The van der Waals surface area contributed by atoms with Crippen molar-refractivity contribution in [3.8, 4) is 0 Å². The molecule has 2 rings (SSSR count). The summed E-state index contributed by atoms with van der Waals surface area (Å²) < 4.78 is 33.0. The molecule has 0 aliphatic carbocycles. The van der Waals surface area contributed by atoms with Crippen LogP contribution in [0.1, 0.15) is 18.1 Å². The van der Waals surface area contributed by atoms with Crippen molar-refractivity contribution in [2.45, 2.75) is 32.2 Å². The summed E-state index contributed by atoms with van der Waals surface area (Å²) in [5.74, 6) is -0.740. The number of halogens is 2. The number of benzene rings is 2. The van der Waals surface area contributed by atoms with Crippen molar-refractivity contribution in [1.29, 1.82) is 0 Å². The topological polar surface area (TPSA) is 31.5 Å². The molecule has 2 aromatic carbocycles. The average molecular weight is 339 g/mol. The maximum absolute atomic E-state index is 13.3. The van der Waals surface area contributed by atoms with Crippen LogP contribution in [0.15, 0.2) is 48.5 Å². The molecule has 0 radical (unpaired) electrons. The molecule has 6 heteroatoms. The molecule has 2 aromatic rings. The number of nitrogens with zero attached hydrogens (tertiary/aromatic N) is 1. The number of hydrogen-bond acceptors (Lipinski definition) is 1. The van der Waals surface area contributed by atoms with E-state index in [9.17, 15) is 14.2 Å². The van der Waals surface area contributed by atoms with Gasteiger partial charge >= 0.3 is 18.9 Å². The molecule has 0 aliphatic heterocycles. The monoisotopic (exact) mass is 339 g/mol. The number of hydrogen-bond donors (Lipinski definition) is 0. The van der Waals surface area contributed by atoms with E-state index < -0.39 is 13.9 Å². The van der Waals surface area contributed by atoms with Gasteiger partial charge in [0.1, 0.15) is 17.2 Å². The average Bonchev–Trinajstić information content (AvgIpc) is 2.45. The second-order valence-electron chi connectivity index (χ2n) is 6.49. The molecule has 2 nitrogen and oxygen atoms in total. The largest absolute Gasteiger partial charge is 1.00 e.